The number of nitrogens with zero attached hydrogens (tertiary/aromatic N) is 4. The molecular weight excluding hydrogens is 341 g/mol. The van der Waals surface area contributed by atoms with Gasteiger partial charge in [-0.3, -0.25) is 9.78 Å². The van der Waals surface area contributed by atoms with Crippen LogP contribution in [0, 0.1) is 5.95 Å². The third kappa shape index (κ3) is 2.47. The van der Waals surface area contributed by atoms with Crippen LogP contribution in [0.4, 0.5) is 18.9 Å². The Balaban J connectivity index is 1.93. The molecular formula is C14H11F3N6O2. The summed E-state index contributed by atoms with van der Waals surface area (Å²) in [5.74, 6) is -0.799. The molecule has 1 aliphatic rings. The molecule has 0 spiro atoms. The molecule has 4 heterocycles. The highest BCUT2D eigenvalue weighted by atomic mass is 19.2. The number of aromatic nitrogens is 5. The molecule has 130 valence electrons. The fourth-order valence-electron chi connectivity index (χ4n) is 2.81. The van der Waals surface area contributed by atoms with E-state index in [1.165, 1.54) is 11.0 Å². The lowest BCUT2D eigenvalue weighted by molar-refractivity contribution is 0.217. The van der Waals surface area contributed by atoms with Crippen LogP contribution < -0.4 is 16.1 Å². The van der Waals surface area contributed by atoms with Crippen molar-refractivity contribution >= 4 is 11.3 Å². The first-order chi connectivity index (χ1) is 11.9. The molecule has 1 saturated heterocycles. The van der Waals surface area contributed by atoms with E-state index in [-0.39, 0.29) is 35.7 Å². The molecule has 2 atom stereocenters. The maximum absolute atomic E-state index is 14.0. The number of alkyl halides is 2. The van der Waals surface area contributed by atoms with Gasteiger partial charge in [-0.25, -0.2) is 18.6 Å². The van der Waals surface area contributed by atoms with Crippen LogP contribution in [0.2, 0.25) is 0 Å². The van der Waals surface area contributed by atoms with Crippen molar-refractivity contribution in [1.82, 2.24) is 24.6 Å². The molecule has 2 N–H and O–H groups in total. The van der Waals surface area contributed by atoms with Gasteiger partial charge in [0.25, 0.3) is 5.56 Å². The lowest BCUT2D eigenvalue weighted by Crippen LogP contribution is -2.24. The number of imidazole rings is 1. The Morgan fingerprint density at radius 2 is 1.92 bits per heavy atom. The largest absolute Gasteiger partial charge is 0.362 e. The minimum atomic E-state index is -1.67. The van der Waals surface area contributed by atoms with Crippen LogP contribution in [-0.4, -0.2) is 50.0 Å². The molecule has 0 saturated carbocycles. The molecule has 0 bridgehead atoms. The maximum Gasteiger partial charge on any atom is 0.325 e. The summed E-state index contributed by atoms with van der Waals surface area (Å²) in [6, 6.07) is 1.38. The first kappa shape index (κ1) is 15.4. The van der Waals surface area contributed by atoms with E-state index in [1.54, 1.807) is 0 Å². The second kappa shape index (κ2) is 5.46. The van der Waals surface area contributed by atoms with Gasteiger partial charge in [-0.15, -0.1) is 0 Å². The fourth-order valence-corrected chi connectivity index (χ4v) is 2.81. The third-order valence-electron chi connectivity index (χ3n) is 4.02. The second-order valence-electron chi connectivity index (χ2n) is 5.65. The summed E-state index contributed by atoms with van der Waals surface area (Å²) in [4.78, 5) is 32.7. The van der Waals surface area contributed by atoms with Gasteiger partial charge < -0.3 is 9.88 Å². The van der Waals surface area contributed by atoms with Gasteiger partial charge in [-0.2, -0.15) is 14.0 Å². The molecule has 1 fully saturated rings. The first-order valence-electron chi connectivity index (χ1n) is 7.34. The number of hydrogen-bond donors (Lipinski definition) is 2. The van der Waals surface area contributed by atoms with Crippen molar-refractivity contribution in [2.75, 3.05) is 18.0 Å². The molecule has 4 rings (SSSR count). The lowest BCUT2D eigenvalue weighted by atomic mass is 10.2. The summed E-state index contributed by atoms with van der Waals surface area (Å²) in [6.07, 6.45) is -1.29. The van der Waals surface area contributed by atoms with E-state index in [9.17, 15) is 22.8 Å². The molecule has 0 aliphatic carbocycles. The number of rotatable bonds is 2. The molecule has 0 amide bonds. The Morgan fingerprint density at radius 3 is 2.60 bits per heavy atom. The van der Waals surface area contributed by atoms with E-state index < -0.39 is 29.5 Å². The zero-order valence-electron chi connectivity index (χ0n) is 12.5. The Kier molecular flexibility index (Phi) is 3.37. The van der Waals surface area contributed by atoms with Crippen LogP contribution in [0.25, 0.3) is 16.9 Å². The van der Waals surface area contributed by atoms with Crippen LogP contribution in [0.15, 0.2) is 28.0 Å². The molecule has 0 aromatic carbocycles. The van der Waals surface area contributed by atoms with Crippen LogP contribution in [0.1, 0.15) is 0 Å². The van der Waals surface area contributed by atoms with Crippen LogP contribution >= 0.6 is 0 Å². The molecule has 3 aromatic rings. The summed E-state index contributed by atoms with van der Waals surface area (Å²) in [5.41, 5.74) is -1.12. The highest BCUT2D eigenvalue weighted by molar-refractivity contribution is 5.74. The summed E-state index contributed by atoms with van der Waals surface area (Å²) in [5, 5.41) is 3.99. The first-order valence-corrected chi connectivity index (χ1v) is 7.34. The molecule has 25 heavy (non-hydrogen) atoms. The molecule has 1 aliphatic heterocycles. The molecule has 0 radical (unpaired) electrons. The van der Waals surface area contributed by atoms with E-state index in [1.807, 2.05) is 4.98 Å². The predicted octanol–water partition coefficient (Wildman–Crippen LogP) is 0.408. The van der Waals surface area contributed by atoms with E-state index >= 15 is 0 Å². The number of anilines is 1. The predicted molar refractivity (Wildman–Crippen MR) is 81.6 cm³/mol. The Morgan fingerprint density at radius 1 is 1.20 bits per heavy atom. The fraction of sp³-hybridized carbons (Fsp3) is 0.286. The standard InChI is InChI=1S/C14H11F3N6O2/c15-7-4-22(5-8(7)16)10-1-9(6-2-19-14(25)20-13(6)24)21-23-11(17)3-18-12(10)23/h1-3,7-8H,4-5H2,(H2,19,20,24,25)/t7-,8+. The minimum Gasteiger partial charge on any atom is -0.362 e. The third-order valence-corrected chi connectivity index (χ3v) is 4.02. The van der Waals surface area contributed by atoms with E-state index in [0.29, 0.717) is 0 Å². The topological polar surface area (TPSA) is 99.2 Å². The smallest absolute Gasteiger partial charge is 0.325 e. The summed E-state index contributed by atoms with van der Waals surface area (Å²) in [6.45, 7) is -0.451. The van der Waals surface area contributed by atoms with E-state index in [0.717, 1.165) is 16.9 Å². The zero-order chi connectivity index (χ0) is 17.7. The Hall–Kier alpha value is -3.11. The SMILES string of the molecule is O=c1[nH]cc(-c2cc(N3C[C@@H](F)[C@@H](F)C3)c3ncc(F)n3n2)c(=O)[nH]1. The van der Waals surface area contributed by atoms with Crippen molar-refractivity contribution in [3.8, 4) is 11.3 Å². The van der Waals surface area contributed by atoms with E-state index in [4.69, 9.17) is 0 Å². The van der Waals surface area contributed by atoms with Crippen molar-refractivity contribution in [2.45, 2.75) is 12.3 Å². The molecule has 11 heteroatoms. The Labute approximate surface area is 136 Å². The van der Waals surface area contributed by atoms with Gasteiger partial charge in [0, 0.05) is 6.20 Å². The number of fused-ring (bicyclic) bond motifs is 1. The van der Waals surface area contributed by atoms with Crippen molar-refractivity contribution in [2.24, 2.45) is 0 Å². The van der Waals surface area contributed by atoms with Gasteiger partial charge in [0.15, 0.2) is 18.0 Å². The highest BCUT2D eigenvalue weighted by Gasteiger charge is 2.34. The van der Waals surface area contributed by atoms with Gasteiger partial charge in [0.05, 0.1) is 30.5 Å². The van der Waals surface area contributed by atoms with Gasteiger partial charge >= 0.3 is 5.69 Å². The average Bonchev–Trinajstić information content (AvgIpc) is 3.10. The zero-order valence-corrected chi connectivity index (χ0v) is 12.5. The monoisotopic (exact) mass is 352 g/mol. The quantitative estimate of drug-likeness (QED) is 0.696. The van der Waals surface area contributed by atoms with Crippen LogP contribution in [-0.2, 0) is 0 Å². The summed E-state index contributed by atoms with van der Waals surface area (Å²) in [7, 11) is 0. The maximum atomic E-state index is 14.0. The number of aromatic amines is 2. The number of halogens is 3. The average molecular weight is 352 g/mol. The molecule has 8 nitrogen and oxygen atoms in total. The van der Waals surface area contributed by atoms with Gasteiger partial charge in [-0.1, -0.05) is 0 Å². The van der Waals surface area contributed by atoms with E-state index in [2.05, 4.69) is 15.1 Å². The minimum absolute atomic E-state index is 0.0228. The van der Waals surface area contributed by atoms with Crippen molar-refractivity contribution in [3.63, 3.8) is 0 Å². The van der Waals surface area contributed by atoms with Crippen LogP contribution in [0.3, 0.4) is 0 Å². The van der Waals surface area contributed by atoms with Crippen molar-refractivity contribution < 1.29 is 13.2 Å². The summed E-state index contributed by atoms with van der Waals surface area (Å²) < 4.78 is 41.9. The molecule has 0 unspecified atom stereocenters. The number of nitrogens with one attached hydrogen (secondary N) is 2. The van der Waals surface area contributed by atoms with Gasteiger partial charge in [-0.05, 0) is 6.07 Å². The lowest BCUT2D eigenvalue weighted by Gasteiger charge is -2.18. The normalized spacial score (nSPS) is 20.5. The number of hydrogen-bond acceptors (Lipinski definition) is 5. The van der Waals surface area contributed by atoms with Crippen molar-refractivity contribution in [3.05, 3.63) is 45.2 Å². The second-order valence-corrected chi connectivity index (χ2v) is 5.65. The van der Waals surface area contributed by atoms with Crippen molar-refractivity contribution in [1.29, 1.82) is 0 Å². The van der Waals surface area contributed by atoms with Gasteiger partial charge in [0.1, 0.15) is 5.69 Å². The summed E-state index contributed by atoms with van der Waals surface area (Å²) >= 11 is 0. The molecule has 3 aromatic heterocycles. The number of H-pyrrole nitrogens is 2. The Bertz CT molecular complexity index is 1060. The van der Waals surface area contributed by atoms with Gasteiger partial charge in [0.2, 0.25) is 5.95 Å². The highest BCUT2D eigenvalue weighted by Crippen LogP contribution is 2.30. The van der Waals surface area contributed by atoms with Crippen LogP contribution in [0.5, 0.6) is 0 Å².